The van der Waals surface area contributed by atoms with Crippen LogP contribution in [0.3, 0.4) is 0 Å². The first kappa shape index (κ1) is 13.5. The van der Waals surface area contributed by atoms with E-state index >= 15 is 0 Å². The molecule has 6 heteroatoms. The molecule has 0 aliphatic rings. The minimum absolute atomic E-state index is 0.0198. The van der Waals surface area contributed by atoms with Gasteiger partial charge in [-0.05, 0) is 29.1 Å². The number of rotatable bonds is 3. The number of carboxylic acids is 1. The molecule has 1 atom stereocenters. The summed E-state index contributed by atoms with van der Waals surface area (Å²) in [6.07, 6.45) is -3.78. The van der Waals surface area contributed by atoms with Crippen LogP contribution in [0.2, 0.25) is 0 Å². The van der Waals surface area contributed by atoms with Crippen molar-refractivity contribution >= 4 is 16.9 Å². The summed E-state index contributed by atoms with van der Waals surface area (Å²) in [6, 6.07) is 6.01. The van der Waals surface area contributed by atoms with Gasteiger partial charge in [-0.1, -0.05) is 6.07 Å². The third-order valence-corrected chi connectivity index (χ3v) is 3.09. The maximum absolute atomic E-state index is 12.9. The minimum Gasteiger partial charge on any atom is -0.481 e. The van der Waals surface area contributed by atoms with Gasteiger partial charge in [0.1, 0.15) is 0 Å². The average Bonchev–Trinajstić information content (AvgIpc) is 2.66. The van der Waals surface area contributed by atoms with E-state index in [1.165, 1.54) is 12.1 Å². The number of benzene rings is 1. The van der Waals surface area contributed by atoms with Crippen LogP contribution < -0.4 is 0 Å². The summed E-state index contributed by atoms with van der Waals surface area (Å²) in [4.78, 5) is 10.6. The van der Waals surface area contributed by atoms with Crippen LogP contribution in [0.15, 0.2) is 30.5 Å². The summed E-state index contributed by atoms with van der Waals surface area (Å²) >= 11 is 0. The lowest BCUT2D eigenvalue weighted by Crippen LogP contribution is -2.23. The van der Waals surface area contributed by atoms with E-state index in [-0.39, 0.29) is 5.56 Å². The van der Waals surface area contributed by atoms with Gasteiger partial charge < -0.3 is 9.67 Å². The summed E-state index contributed by atoms with van der Waals surface area (Å²) in [5.74, 6) is -3.44. The van der Waals surface area contributed by atoms with E-state index in [9.17, 15) is 18.0 Å². The van der Waals surface area contributed by atoms with Crippen molar-refractivity contribution in [2.24, 2.45) is 7.05 Å². The molecule has 0 bridgehead atoms. The Morgan fingerprint density at radius 3 is 2.63 bits per heavy atom. The number of halogens is 3. The Balaban J connectivity index is 2.46. The highest BCUT2D eigenvalue weighted by Gasteiger charge is 2.42. The maximum atomic E-state index is 12.9. The molecule has 0 aliphatic carbocycles. The molecule has 0 radical (unpaired) electrons. The molecule has 2 aromatic rings. The molecule has 1 unspecified atom stereocenters. The predicted molar refractivity (Wildman–Crippen MR) is 64.0 cm³/mol. The molecule has 0 aliphatic heterocycles. The summed E-state index contributed by atoms with van der Waals surface area (Å²) < 4.78 is 40.5. The van der Waals surface area contributed by atoms with Crippen molar-refractivity contribution in [3.63, 3.8) is 0 Å². The second-order valence-electron chi connectivity index (χ2n) is 4.44. The first-order valence-electron chi connectivity index (χ1n) is 5.62. The SMILES string of the molecule is Cn1ccc2cc(C(CC(=O)O)C(F)(F)F)ccc21. The summed E-state index contributed by atoms with van der Waals surface area (Å²) in [5.41, 5.74) is 0.786. The molecule has 2 rings (SSSR count). The quantitative estimate of drug-likeness (QED) is 0.930. The van der Waals surface area contributed by atoms with Crippen LogP contribution in [0.1, 0.15) is 17.9 Å². The van der Waals surface area contributed by atoms with Crippen LogP contribution in [0, 0.1) is 0 Å². The fourth-order valence-corrected chi connectivity index (χ4v) is 2.11. The van der Waals surface area contributed by atoms with E-state index in [0.29, 0.717) is 5.39 Å². The summed E-state index contributed by atoms with van der Waals surface area (Å²) in [7, 11) is 1.79. The number of hydrogen-bond acceptors (Lipinski definition) is 1. The van der Waals surface area contributed by atoms with Crippen LogP contribution in [0.25, 0.3) is 10.9 Å². The molecule has 0 saturated heterocycles. The van der Waals surface area contributed by atoms with Crippen LogP contribution in [0.5, 0.6) is 0 Å². The number of aryl methyl sites for hydroxylation is 1. The zero-order valence-electron chi connectivity index (χ0n) is 10.1. The number of hydrogen-bond donors (Lipinski definition) is 1. The van der Waals surface area contributed by atoms with E-state index in [1.807, 2.05) is 0 Å². The average molecular weight is 271 g/mol. The van der Waals surface area contributed by atoms with Crippen LogP contribution in [-0.2, 0) is 11.8 Å². The molecule has 1 aromatic heterocycles. The van der Waals surface area contributed by atoms with E-state index in [2.05, 4.69) is 0 Å². The number of nitrogens with zero attached hydrogens (tertiary/aromatic N) is 1. The Morgan fingerprint density at radius 1 is 1.37 bits per heavy atom. The molecular formula is C13H12F3NO2. The number of fused-ring (bicyclic) bond motifs is 1. The number of carbonyl (C=O) groups is 1. The molecule has 1 N–H and O–H groups in total. The number of alkyl halides is 3. The van der Waals surface area contributed by atoms with E-state index in [4.69, 9.17) is 5.11 Å². The van der Waals surface area contributed by atoms with Crippen molar-refractivity contribution in [3.05, 3.63) is 36.0 Å². The molecule has 102 valence electrons. The molecule has 1 heterocycles. The fourth-order valence-electron chi connectivity index (χ4n) is 2.11. The van der Waals surface area contributed by atoms with Gasteiger partial charge in [-0.15, -0.1) is 0 Å². The number of carboxylic acid groups (broad SMARTS) is 1. The van der Waals surface area contributed by atoms with Crippen LogP contribution >= 0.6 is 0 Å². The van der Waals surface area contributed by atoms with Crippen molar-refractivity contribution in [3.8, 4) is 0 Å². The minimum atomic E-state index is -4.57. The van der Waals surface area contributed by atoms with Gasteiger partial charge in [-0.2, -0.15) is 13.2 Å². The van der Waals surface area contributed by atoms with E-state index in [1.54, 1.807) is 29.9 Å². The van der Waals surface area contributed by atoms with Crippen molar-refractivity contribution in [1.82, 2.24) is 4.57 Å². The highest BCUT2D eigenvalue weighted by atomic mass is 19.4. The molecule has 0 saturated carbocycles. The maximum Gasteiger partial charge on any atom is 0.396 e. The van der Waals surface area contributed by atoms with Gasteiger partial charge in [0.25, 0.3) is 0 Å². The first-order valence-corrected chi connectivity index (χ1v) is 5.62. The van der Waals surface area contributed by atoms with Gasteiger partial charge in [0, 0.05) is 18.8 Å². The first-order chi connectivity index (χ1) is 8.79. The highest BCUT2D eigenvalue weighted by molar-refractivity contribution is 5.81. The Labute approximate surface area is 107 Å². The van der Waals surface area contributed by atoms with Gasteiger partial charge in [0.2, 0.25) is 0 Å². The standard InChI is InChI=1S/C13H12F3NO2/c1-17-5-4-9-6-8(2-3-11(9)17)10(7-12(18)19)13(14,15)16/h2-6,10H,7H2,1H3,(H,18,19). The van der Waals surface area contributed by atoms with E-state index in [0.717, 1.165) is 5.52 Å². The third-order valence-electron chi connectivity index (χ3n) is 3.09. The third kappa shape index (κ3) is 2.72. The van der Waals surface area contributed by atoms with Gasteiger partial charge in [0.05, 0.1) is 12.3 Å². The predicted octanol–water partition coefficient (Wildman–Crippen LogP) is 3.30. The summed E-state index contributed by atoms with van der Waals surface area (Å²) in [6.45, 7) is 0. The van der Waals surface area contributed by atoms with Crippen molar-refractivity contribution in [2.75, 3.05) is 0 Å². The number of aromatic nitrogens is 1. The topological polar surface area (TPSA) is 42.2 Å². The Bertz CT molecular complexity index is 616. The smallest absolute Gasteiger partial charge is 0.396 e. The Morgan fingerprint density at radius 2 is 2.05 bits per heavy atom. The highest BCUT2D eigenvalue weighted by Crippen LogP contribution is 2.38. The largest absolute Gasteiger partial charge is 0.481 e. The van der Waals surface area contributed by atoms with E-state index < -0.39 is 24.5 Å². The van der Waals surface area contributed by atoms with Gasteiger partial charge in [-0.3, -0.25) is 4.79 Å². The molecule has 3 nitrogen and oxygen atoms in total. The molecule has 0 fully saturated rings. The fraction of sp³-hybridized carbons (Fsp3) is 0.308. The van der Waals surface area contributed by atoms with Crippen molar-refractivity contribution in [2.45, 2.75) is 18.5 Å². The second kappa shape index (κ2) is 4.60. The zero-order valence-corrected chi connectivity index (χ0v) is 10.1. The van der Waals surface area contributed by atoms with Gasteiger partial charge in [-0.25, -0.2) is 0 Å². The monoisotopic (exact) mass is 271 g/mol. The lowest BCUT2D eigenvalue weighted by atomic mass is 9.94. The lowest BCUT2D eigenvalue weighted by Gasteiger charge is -2.19. The summed E-state index contributed by atoms with van der Waals surface area (Å²) in [5, 5.41) is 9.29. The molecular weight excluding hydrogens is 259 g/mol. The van der Waals surface area contributed by atoms with Gasteiger partial charge >= 0.3 is 12.1 Å². The lowest BCUT2D eigenvalue weighted by molar-refractivity contribution is -0.163. The second-order valence-corrected chi connectivity index (χ2v) is 4.44. The van der Waals surface area contributed by atoms with Crippen LogP contribution in [0.4, 0.5) is 13.2 Å². The molecule has 0 spiro atoms. The van der Waals surface area contributed by atoms with Crippen molar-refractivity contribution < 1.29 is 23.1 Å². The Hall–Kier alpha value is -1.98. The molecule has 1 aromatic carbocycles. The Kier molecular flexibility index (Phi) is 3.26. The molecule has 0 amide bonds. The molecule has 19 heavy (non-hydrogen) atoms. The van der Waals surface area contributed by atoms with Gasteiger partial charge in [0.15, 0.2) is 0 Å². The van der Waals surface area contributed by atoms with Crippen LogP contribution in [-0.4, -0.2) is 21.8 Å². The zero-order chi connectivity index (χ0) is 14.2. The van der Waals surface area contributed by atoms with Crippen molar-refractivity contribution in [1.29, 1.82) is 0 Å². The number of aliphatic carboxylic acids is 1. The normalized spacial score (nSPS) is 13.7.